The van der Waals surface area contributed by atoms with Crippen LogP contribution in [0.1, 0.15) is 47.5 Å². The van der Waals surface area contributed by atoms with Gasteiger partial charge < -0.3 is 14.0 Å². The topological polar surface area (TPSA) is 52.6 Å². The quantitative estimate of drug-likeness (QED) is 0.388. The van der Waals surface area contributed by atoms with Gasteiger partial charge in [0, 0.05) is 6.42 Å². The minimum absolute atomic E-state index is 0.0990. The lowest BCUT2D eigenvalue weighted by molar-refractivity contribution is -0.145. The van der Waals surface area contributed by atoms with Crippen LogP contribution in [0.4, 0.5) is 0 Å². The number of methoxy groups -OCH3 is 1. The van der Waals surface area contributed by atoms with Crippen LogP contribution in [0, 0.1) is 11.8 Å². The summed E-state index contributed by atoms with van der Waals surface area (Å²) in [5.74, 6) is -0.250. The zero-order valence-electron chi connectivity index (χ0n) is 14.9. The van der Waals surface area contributed by atoms with Crippen molar-refractivity contribution in [2.45, 2.75) is 71.7 Å². The molecule has 3 atom stereocenters. The monoisotopic (exact) mass is 316 g/mol. The minimum atomic E-state index is -1.93. The number of hydrogen-bond donors (Lipinski definition) is 0. The number of rotatable bonds is 8. The third kappa shape index (κ3) is 6.30. The van der Waals surface area contributed by atoms with Gasteiger partial charge in [-0.1, -0.05) is 34.6 Å². The van der Waals surface area contributed by atoms with E-state index in [0.717, 1.165) is 6.29 Å². The SMILES string of the molecule is COC(=O)[C@@H](C)C[C@H](C)[C@H](CC=O)O[Si](C)(C)C(C)(C)C. The second kappa shape index (κ2) is 8.08. The fourth-order valence-corrected chi connectivity index (χ4v) is 3.49. The number of carbonyl (C=O) groups excluding carboxylic acids is 2. The number of hydrogen-bond acceptors (Lipinski definition) is 4. The molecule has 0 aliphatic heterocycles. The molecule has 0 heterocycles. The molecule has 0 aliphatic carbocycles. The van der Waals surface area contributed by atoms with Crippen molar-refractivity contribution in [2.24, 2.45) is 11.8 Å². The lowest BCUT2D eigenvalue weighted by Gasteiger charge is -2.40. The third-order valence-corrected chi connectivity index (χ3v) is 9.05. The number of aldehydes is 1. The Bertz CT molecular complexity index is 347. The van der Waals surface area contributed by atoms with Crippen LogP contribution in [-0.4, -0.2) is 33.8 Å². The van der Waals surface area contributed by atoms with E-state index in [1.807, 2.05) is 13.8 Å². The van der Waals surface area contributed by atoms with Gasteiger partial charge in [0.2, 0.25) is 0 Å². The Hall–Kier alpha value is -0.683. The molecule has 0 fully saturated rings. The van der Waals surface area contributed by atoms with Crippen molar-refractivity contribution in [2.75, 3.05) is 7.11 Å². The van der Waals surface area contributed by atoms with Crippen molar-refractivity contribution in [1.82, 2.24) is 0 Å². The van der Waals surface area contributed by atoms with E-state index in [0.29, 0.717) is 12.8 Å². The van der Waals surface area contributed by atoms with Crippen molar-refractivity contribution < 1.29 is 18.8 Å². The molecule has 0 aromatic carbocycles. The molecule has 0 unspecified atom stereocenters. The van der Waals surface area contributed by atoms with Crippen LogP contribution in [0.2, 0.25) is 18.1 Å². The average Bonchev–Trinajstić information content (AvgIpc) is 2.35. The van der Waals surface area contributed by atoms with Crippen LogP contribution >= 0.6 is 0 Å². The first-order valence-electron chi connectivity index (χ1n) is 7.65. The summed E-state index contributed by atoms with van der Waals surface area (Å²) in [6, 6.07) is 0. The van der Waals surface area contributed by atoms with Gasteiger partial charge >= 0.3 is 5.97 Å². The van der Waals surface area contributed by atoms with Crippen molar-refractivity contribution in [3.05, 3.63) is 0 Å². The highest BCUT2D eigenvalue weighted by atomic mass is 28.4. The Balaban J connectivity index is 4.90. The van der Waals surface area contributed by atoms with Gasteiger partial charge in [0.1, 0.15) is 6.29 Å². The fourth-order valence-electron chi connectivity index (χ4n) is 2.05. The Labute approximate surface area is 130 Å². The van der Waals surface area contributed by atoms with Crippen molar-refractivity contribution >= 4 is 20.6 Å². The molecule has 0 bridgehead atoms. The molecule has 0 aromatic heterocycles. The number of ether oxygens (including phenoxy) is 1. The molecular weight excluding hydrogens is 284 g/mol. The Morgan fingerprint density at radius 2 is 1.76 bits per heavy atom. The lowest BCUT2D eigenvalue weighted by Crippen LogP contribution is -2.45. The highest BCUT2D eigenvalue weighted by Crippen LogP contribution is 2.38. The predicted octanol–water partition coefficient (Wildman–Crippen LogP) is 3.80. The van der Waals surface area contributed by atoms with Crippen molar-refractivity contribution in [1.29, 1.82) is 0 Å². The maximum Gasteiger partial charge on any atom is 0.308 e. The summed E-state index contributed by atoms with van der Waals surface area (Å²) in [4.78, 5) is 22.5. The highest BCUT2D eigenvalue weighted by molar-refractivity contribution is 6.74. The molecule has 0 saturated heterocycles. The molecule has 0 saturated carbocycles. The van der Waals surface area contributed by atoms with E-state index < -0.39 is 8.32 Å². The normalized spacial score (nSPS) is 17.0. The Morgan fingerprint density at radius 3 is 2.14 bits per heavy atom. The van der Waals surface area contributed by atoms with Gasteiger partial charge in [-0.2, -0.15) is 0 Å². The van der Waals surface area contributed by atoms with Gasteiger partial charge in [0.25, 0.3) is 0 Å². The zero-order chi connectivity index (χ0) is 16.8. The molecule has 4 nitrogen and oxygen atoms in total. The van der Waals surface area contributed by atoms with E-state index in [9.17, 15) is 9.59 Å². The lowest BCUT2D eigenvalue weighted by atomic mass is 9.91. The van der Waals surface area contributed by atoms with Crippen LogP contribution < -0.4 is 0 Å². The van der Waals surface area contributed by atoms with E-state index >= 15 is 0 Å². The van der Waals surface area contributed by atoms with Gasteiger partial charge in [0.15, 0.2) is 8.32 Å². The molecule has 0 radical (unpaired) electrons. The summed E-state index contributed by atoms with van der Waals surface area (Å²) >= 11 is 0. The highest BCUT2D eigenvalue weighted by Gasteiger charge is 2.40. The van der Waals surface area contributed by atoms with Gasteiger partial charge in [-0.3, -0.25) is 4.79 Å². The molecule has 21 heavy (non-hydrogen) atoms. The molecule has 0 amide bonds. The molecule has 0 aliphatic rings. The van der Waals surface area contributed by atoms with Gasteiger partial charge in [-0.15, -0.1) is 0 Å². The number of carbonyl (C=O) groups is 2. The summed E-state index contributed by atoms with van der Waals surface area (Å²) in [6.45, 7) is 14.8. The molecule has 0 rings (SSSR count). The predicted molar refractivity (Wildman–Crippen MR) is 87.7 cm³/mol. The first-order chi connectivity index (χ1) is 9.46. The van der Waals surface area contributed by atoms with Crippen LogP contribution in [0.3, 0.4) is 0 Å². The minimum Gasteiger partial charge on any atom is -0.469 e. The Kier molecular flexibility index (Phi) is 7.82. The zero-order valence-corrected chi connectivity index (χ0v) is 15.9. The van der Waals surface area contributed by atoms with Crippen molar-refractivity contribution in [3.8, 4) is 0 Å². The molecule has 0 aromatic rings. The van der Waals surface area contributed by atoms with Crippen LogP contribution in [0.25, 0.3) is 0 Å². The van der Waals surface area contributed by atoms with E-state index in [2.05, 4.69) is 33.9 Å². The molecule has 0 spiro atoms. The summed E-state index contributed by atoms with van der Waals surface area (Å²) < 4.78 is 11.1. The maximum atomic E-state index is 11.5. The summed E-state index contributed by atoms with van der Waals surface area (Å²) in [6.07, 6.45) is 1.83. The summed E-state index contributed by atoms with van der Waals surface area (Å²) in [5.41, 5.74) is 0. The van der Waals surface area contributed by atoms with E-state index in [1.165, 1.54) is 7.11 Å². The van der Waals surface area contributed by atoms with Crippen LogP contribution in [0.15, 0.2) is 0 Å². The third-order valence-electron chi connectivity index (χ3n) is 4.54. The summed E-state index contributed by atoms with van der Waals surface area (Å²) in [7, 11) is -0.528. The maximum absolute atomic E-state index is 11.5. The summed E-state index contributed by atoms with van der Waals surface area (Å²) in [5, 5.41) is 0.0990. The van der Waals surface area contributed by atoms with Crippen LogP contribution in [-0.2, 0) is 18.8 Å². The van der Waals surface area contributed by atoms with E-state index in [1.54, 1.807) is 0 Å². The molecule has 124 valence electrons. The second-order valence-corrected chi connectivity index (χ2v) is 12.2. The van der Waals surface area contributed by atoms with E-state index in [-0.39, 0.29) is 28.9 Å². The molecule has 5 heteroatoms. The Morgan fingerprint density at radius 1 is 1.24 bits per heavy atom. The standard InChI is InChI=1S/C16H32O4Si/c1-12(11-13(2)15(18)19-6)14(9-10-17)20-21(7,8)16(3,4)5/h10,12-14H,9,11H2,1-8H3/t12-,13-,14-/m0/s1. The van der Waals surface area contributed by atoms with E-state index in [4.69, 9.17) is 9.16 Å². The average molecular weight is 317 g/mol. The molecular formula is C16H32O4Si. The number of esters is 1. The van der Waals surface area contributed by atoms with Gasteiger partial charge in [0.05, 0.1) is 19.1 Å². The second-order valence-electron chi connectivity index (χ2n) is 7.46. The largest absolute Gasteiger partial charge is 0.469 e. The van der Waals surface area contributed by atoms with Gasteiger partial charge in [-0.25, -0.2) is 0 Å². The smallest absolute Gasteiger partial charge is 0.308 e. The first-order valence-corrected chi connectivity index (χ1v) is 10.6. The molecule has 0 N–H and O–H groups in total. The fraction of sp³-hybridized carbons (Fsp3) is 0.875. The van der Waals surface area contributed by atoms with Crippen molar-refractivity contribution in [3.63, 3.8) is 0 Å². The first kappa shape index (κ1) is 20.3. The van der Waals surface area contributed by atoms with Gasteiger partial charge in [-0.05, 0) is 30.5 Å². The van der Waals surface area contributed by atoms with Crippen LogP contribution in [0.5, 0.6) is 0 Å².